The number of nitrogens with one attached hydrogen (secondary N) is 3. The number of nitro groups is 1. The molecule has 0 saturated carbocycles. The Morgan fingerprint density at radius 1 is 1.40 bits per heavy atom. The van der Waals surface area contributed by atoms with Crippen LogP contribution in [0.5, 0.6) is 0 Å². The second-order valence-electron chi connectivity index (χ2n) is 4.06. The minimum atomic E-state index is -0.844. The third kappa shape index (κ3) is 3.07. The third-order valence-corrected chi connectivity index (χ3v) is 2.57. The third-order valence-electron chi connectivity index (χ3n) is 2.57. The van der Waals surface area contributed by atoms with E-state index < -0.39 is 28.9 Å². The number of benzene rings is 1. The van der Waals surface area contributed by atoms with Gasteiger partial charge in [0.25, 0.3) is 11.6 Å². The minimum Gasteiger partial charge on any atom is -0.331 e. The lowest BCUT2D eigenvalue weighted by atomic mass is 10.1. The molecular formula is C11H10N4O5. The molecule has 1 atom stereocenters. The van der Waals surface area contributed by atoms with Crippen molar-refractivity contribution >= 4 is 23.5 Å². The molecule has 0 radical (unpaired) electrons. The van der Waals surface area contributed by atoms with Crippen molar-refractivity contribution in [3.05, 3.63) is 39.9 Å². The molecule has 20 heavy (non-hydrogen) atoms. The first-order chi connectivity index (χ1) is 9.45. The first kappa shape index (κ1) is 13.5. The summed E-state index contributed by atoms with van der Waals surface area (Å²) in [5.41, 5.74) is -0.150. The predicted molar refractivity (Wildman–Crippen MR) is 65.6 cm³/mol. The van der Waals surface area contributed by atoms with Crippen molar-refractivity contribution in [2.75, 3.05) is 0 Å². The fourth-order valence-corrected chi connectivity index (χ4v) is 1.70. The van der Waals surface area contributed by atoms with Gasteiger partial charge in [0.2, 0.25) is 5.91 Å². The lowest BCUT2D eigenvalue weighted by molar-refractivity contribution is -0.384. The molecule has 1 aliphatic rings. The summed E-state index contributed by atoms with van der Waals surface area (Å²) in [4.78, 5) is 44.1. The normalized spacial score (nSPS) is 17.9. The monoisotopic (exact) mass is 278 g/mol. The number of nitrogens with zero attached hydrogens (tertiary/aromatic N) is 1. The molecule has 2 rings (SSSR count). The summed E-state index contributed by atoms with van der Waals surface area (Å²) >= 11 is 0. The molecule has 0 spiro atoms. The summed E-state index contributed by atoms with van der Waals surface area (Å²) in [5, 5.41) is 17.4. The highest BCUT2D eigenvalue weighted by Crippen LogP contribution is 2.13. The molecule has 1 aliphatic heterocycles. The number of non-ortho nitro benzene ring substituents is 1. The Morgan fingerprint density at radius 2 is 2.15 bits per heavy atom. The van der Waals surface area contributed by atoms with E-state index in [1.807, 2.05) is 5.32 Å². The van der Waals surface area contributed by atoms with Crippen molar-refractivity contribution in [3.63, 3.8) is 0 Å². The maximum absolute atomic E-state index is 11.9. The van der Waals surface area contributed by atoms with Crippen LogP contribution >= 0.6 is 0 Å². The van der Waals surface area contributed by atoms with Gasteiger partial charge in [0.15, 0.2) is 0 Å². The smallest absolute Gasteiger partial charge is 0.323 e. The number of urea groups is 1. The summed E-state index contributed by atoms with van der Waals surface area (Å²) in [6.07, 6.45) is -0.949. The molecule has 9 heteroatoms. The molecule has 1 unspecified atom stereocenters. The van der Waals surface area contributed by atoms with E-state index in [4.69, 9.17) is 0 Å². The number of hydrogen-bond donors (Lipinski definition) is 3. The molecule has 1 fully saturated rings. The van der Waals surface area contributed by atoms with Gasteiger partial charge in [-0.2, -0.15) is 0 Å². The van der Waals surface area contributed by atoms with Crippen LogP contribution in [-0.4, -0.2) is 28.9 Å². The number of imide groups is 1. The second kappa shape index (κ2) is 5.34. The van der Waals surface area contributed by atoms with Crippen molar-refractivity contribution < 1.29 is 19.3 Å². The molecule has 1 heterocycles. The van der Waals surface area contributed by atoms with Gasteiger partial charge in [0, 0.05) is 17.7 Å². The summed E-state index contributed by atoms with van der Waals surface area (Å²) < 4.78 is 0. The zero-order valence-corrected chi connectivity index (χ0v) is 10.1. The zero-order valence-electron chi connectivity index (χ0n) is 10.1. The van der Waals surface area contributed by atoms with Crippen LogP contribution in [0.1, 0.15) is 16.8 Å². The number of amides is 4. The van der Waals surface area contributed by atoms with Gasteiger partial charge in [-0.25, -0.2) is 4.79 Å². The Bertz CT molecular complexity index is 584. The van der Waals surface area contributed by atoms with Crippen molar-refractivity contribution in [2.24, 2.45) is 0 Å². The topological polar surface area (TPSA) is 130 Å². The van der Waals surface area contributed by atoms with Crippen molar-refractivity contribution in [3.8, 4) is 0 Å². The highest BCUT2D eigenvalue weighted by molar-refractivity contribution is 5.99. The summed E-state index contributed by atoms with van der Waals surface area (Å²) in [5.74, 6) is -1.13. The molecule has 0 aliphatic carbocycles. The van der Waals surface area contributed by atoms with Crippen LogP contribution in [0.3, 0.4) is 0 Å². The highest BCUT2D eigenvalue weighted by atomic mass is 16.6. The SMILES string of the molecule is O=C1CC(NC(=O)c2cccc([N+](=O)[O-])c2)NC(=O)N1. The van der Waals surface area contributed by atoms with E-state index in [9.17, 15) is 24.5 Å². The molecule has 0 bridgehead atoms. The van der Waals surface area contributed by atoms with Gasteiger partial charge in [-0.3, -0.25) is 25.0 Å². The maximum atomic E-state index is 11.9. The number of hydrogen-bond acceptors (Lipinski definition) is 5. The van der Waals surface area contributed by atoms with E-state index in [2.05, 4.69) is 10.6 Å². The second-order valence-corrected chi connectivity index (χ2v) is 4.06. The van der Waals surface area contributed by atoms with E-state index in [1.54, 1.807) is 0 Å². The van der Waals surface area contributed by atoms with Crippen molar-refractivity contribution in [1.29, 1.82) is 0 Å². The van der Waals surface area contributed by atoms with Crippen LogP contribution in [0.2, 0.25) is 0 Å². The molecule has 1 aromatic carbocycles. The Morgan fingerprint density at radius 3 is 2.80 bits per heavy atom. The molecule has 1 aromatic rings. The first-order valence-corrected chi connectivity index (χ1v) is 5.61. The standard InChI is InChI=1S/C11H10N4O5/c16-9-5-8(13-11(18)14-9)12-10(17)6-2-1-3-7(4-6)15(19)20/h1-4,8H,5H2,(H,12,17)(H2,13,14,16,18). The van der Waals surface area contributed by atoms with Gasteiger partial charge in [0.1, 0.15) is 6.17 Å². The highest BCUT2D eigenvalue weighted by Gasteiger charge is 2.25. The van der Waals surface area contributed by atoms with E-state index in [0.29, 0.717) is 0 Å². The van der Waals surface area contributed by atoms with Crippen LogP contribution in [0.15, 0.2) is 24.3 Å². The quantitative estimate of drug-likeness (QED) is 0.524. The van der Waals surface area contributed by atoms with E-state index in [0.717, 1.165) is 6.07 Å². The van der Waals surface area contributed by atoms with Crippen molar-refractivity contribution in [2.45, 2.75) is 12.6 Å². The summed E-state index contributed by atoms with van der Waals surface area (Å²) in [6.45, 7) is 0. The molecule has 3 N–H and O–H groups in total. The number of carbonyl (C=O) groups is 3. The van der Waals surface area contributed by atoms with E-state index in [1.165, 1.54) is 18.2 Å². The number of nitro benzene ring substituents is 1. The fourth-order valence-electron chi connectivity index (χ4n) is 1.70. The Kier molecular flexibility index (Phi) is 3.60. The maximum Gasteiger partial charge on any atom is 0.323 e. The summed E-state index contributed by atoms with van der Waals surface area (Å²) in [7, 11) is 0. The first-order valence-electron chi connectivity index (χ1n) is 5.61. The minimum absolute atomic E-state index is 0.0689. The van der Waals surface area contributed by atoms with Gasteiger partial charge >= 0.3 is 6.03 Å². The average molecular weight is 278 g/mol. The Labute approximate surface area is 112 Å². The predicted octanol–water partition coefficient (Wildman–Crippen LogP) is -0.120. The number of carbonyl (C=O) groups excluding carboxylic acids is 3. The van der Waals surface area contributed by atoms with Gasteiger partial charge < -0.3 is 10.6 Å². The van der Waals surface area contributed by atoms with Crippen molar-refractivity contribution in [1.82, 2.24) is 16.0 Å². The van der Waals surface area contributed by atoms with Crippen LogP contribution in [0.4, 0.5) is 10.5 Å². The summed E-state index contributed by atoms with van der Waals surface area (Å²) in [6, 6.07) is 4.43. The lowest BCUT2D eigenvalue weighted by Crippen LogP contribution is -2.58. The largest absolute Gasteiger partial charge is 0.331 e. The molecule has 4 amide bonds. The van der Waals surface area contributed by atoms with Crippen LogP contribution < -0.4 is 16.0 Å². The molecule has 104 valence electrons. The fraction of sp³-hybridized carbons (Fsp3) is 0.182. The van der Waals surface area contributed by atoms with Gasteiger partial charge in [-0.05, 0) is 6.07 Å². The van der Waals surface area contributed by atoms with E-state index in [-0.39, 0.29) is 17.7 Å². The van der Waals surface area contributed by atoms with Gasteiger partial charge in [0.05, 0.1) is 11.3 Å². The van der Waals surface area contributed by atoms with Crippen LogP contribution in [0.25, 0.3) is 0 Å². The molecular weight excluding hydrogens is 268 g/mol. The van der Waals surface area contributed by atoms with Gasteiger partial charge in [-0.1, -0.05) is 6.07 Å². The average Bonchev–Trinajstić information content (AvgIpc) is 2.37. The molecule has 1 saturated heterocycles. The lowest BCUT2D eigenvalue weighted by Gasteiger charge is -2.23. The Hall–Kier alpha value is -2.97. The van der Waals surface area contributed by atoms with Crippen LogP contribution in [-0.2, 0) is 4.79 Å². The Balaban J connectivity index is 2.08. The zero-order chi connectivity index (χ0) is 14.7. The molecule has 9 nitrogen and oxygen atoms in total. The van der Waals surface area contributed by atoms with Gasteiger partial charge in [-0.15, -0.1) is 0 Å². The molecule has 0 aromatic heterocycles. The van der Waals surface area contributed by atoms with Crippen LogP contribution in [0, 0.1) is 10.1 Å². The van der Waals surface area contributed by atoms with E-state index >= 15 is 0 Å². The number of rotatable bonds is 3.